The van der Waals surface area contributed by atoms with Gasteiger partial charge in [-0.05, 0) is 99.6 Å². The Kier molecular flexibility index (Phi) is 7.76. The van der Waals surface area contributed by atoms with Crippen molar-refractivity contribution >= 4 is 50.6 Å². The van der Waals surface area contributed by atoms with Gasteiger partial charge in [-0.15, -0.1) is 0 Å². The number of hydrogen-bond acceptors (Lipinski definition) is 3. The highest BCUT2D eigenvalue weighted by Gasteiger charge is 2.51. The summed E-state index contributed by atoms with van der Waals surface area (Å²) in [5.74, 6) is 1.73. The van der Waals surface area contributed by atoms with Crippen molar-refractivity contribution in [1.29, 1.82) is 0 Å². The van der Waals surface area contributed by atoms with E-state index in [0.717, 1.165) is 83.9 Å². The molecule has 60 heavy (non-hydrogen) atoms. The Morgan fingerprint density at radius 2 is 0.983 bits per heavy atom. The van der Waals surface area contributed by atoms with Crippen LogP contribution in [0.3, 0.4) is 0 Å². The molecule has 2 heterocycles. The van der Waals surface area contributed by atoms with E-state index in [0.29, 0.717) is 0 Å². The van der Waals surface area contributed by atoms with Crippen molar-refractivity contribution in [2.24, 2.45) is 0 Å². The number of nitrogens with zero attached hydrogens (tertiary/aromatic N) is 1. The van der Waals surface area contributed by atoms with E-state index in [4.69, 9.17) is 9.15 Å². The summed E-state index contributed by atoms with van der Waals surface area (Å²) in [5, 5.41) is 2.13. The Balaban J connectivity index is 1.14. The van der Waals surface area contributed by atoms with E-state index in [1.165, 1.54) is 22.3 Å². The molecule has 0 atom stereocenters. The molecule has 0 N–H and O–H groups in total. The summed E-state index contributed by atoms with van der Waals surface area (Å²) in [6.07, 6.45) is 2.29. The van der Waals surface area contributed by atoms with Crippen molar-refractivity contribution < 1.29 is 9.15 Å². The maximum atomic E-state index is 6.84. The number of fused-ring (bicyclic) bond motifs is 12. The first-order valence-corrected chi connectivity index (χ1v) is 20.5. The number of hydrogen-bond donors (Lipinski definition) is 0. The Labute approximate surface area is 348 Å². The second kappa shape index (κ2) is 13.6. The lowest BCUT2D eigenvalue weighted by Gasteiger charge is -2.40. The highest BCUT2D eigenvalue weighted by molar-refractivity contribution is 6.11. The van der Waals surface area contributed by atoms with Crippen LogP contribution in [0, 0.1) is 0 Å². The summed E-state index contributed by atoms with van der Waals surface area (Å²) < 4.78 is 13.6. The maximum Gasteiger partial charge on any atom is 0.142 e. The molecule has 1 aliphatic carbocycles. The molecule has 0 bridgehead atoms. The van der Waals surface area contributed by atoms with E-state index in [1.54, 1.807) is 0 Å². The van der Waals surface area contributed by atoms with Gasteiger partial charge in [0.05, 0.1) is 5.41 Å². The van der Waals surface area contributed by atoms with Crippen LogP contribution in [0.2, 0.25) is 0 Å². The van der Waals surface area contributed by atoms with E-state index in [2.05, 4.69) is 223 Å². The largest absolute Gasteiger partial charge is 0.457 e. The molecule has 3 heteroatoms. The van der Waals surface area contributed by atoms with E-state index in [-0.39, 0.29) is 0 Å². The number of benzene rings is 9. The van der Waals surface area contributed by atoms with E-state index in [9.17, 15) is 0 Å². The first-order valence-electron chi connectivity index (χ1n) is 20.5. The molecule has 1 spiro atoms. The molecule has 1 aliphatic heterocycles. The average Bonchev–Trinajstić information content (AvgIpc) is 3.84. The Morgan fingerprint density at radius 3 is 1.68 bits per heavy atom. The molecule has 0 amide bonds. The van der Waals surface area contributed by atoms with Crippen molar-refractivity contribution in [3.8, 4) is 22.6 Å². The highest BCUT2D eigenvalue weighted by atomic mass is 16.5. The number of rotatable bonds is 6. The van der Waals surface area contributed by atoms with Gasteiger partial charge in [0.15, 0.2) is 0 Å². The van der Waals surface area contributed by atoms with Crippen LogP contribution in [-0.2, 0) is 5.41 Å². The van der Waals surface area contributed by atoms with Crippen molar-refractivity contribution in [3.05, 3.63) is 257 Å². The SMILES string of the molecule is C(=C(c1ccccc1)c1ccccc1)c1cc(N(c2ccccc2)c2ccc3c(c2)C2(c4ccccc4O3)c3ccccc3-c3ccccc32)cc2c1oc1ccccc12. The molecular weight excluding hydrogens is 731 g/mol. The second-order valence-electron chi connectivity index (χ2n) is 15.6. The topological polar surface area (TPSA) is 25.6 Å². The van der Waals surface area contributed by atoms with Gasteiger partial charge < -0.3 is 14.1 Å². The van der Waals surface area contributed by atoms with Gasteiger partial charge in [-0.2, -0.15) is 0 Å². The lowest BCUT2D eigenvalue weighted by Crippen LogP contribution is -2.32. The van der Waals surface area contributed by atoms with E-state index >= 15 is 0 Å². The van der Waals surface area contributed by atoms with Crippen molar-refractivity contribution in [2.45, 2.75) is 5.41 Å². The van der Waals surface area contributed by atoms with Crippen LogP contribution in [0.1, 0.15) is 38.9 Å². The second-order valence-corrected chi connectivity index (χ2v) is 15.6. The fraction of sp³-hybridized carbons (Fsp3) is 0.0175. The average molecular weight is 768 g/mol. The molecule has 0 saturated carbocycles. The van der Waals surface area contributed by atoms with E-state index < -0.39 is 5.41 Å². The van der Waals surface area contributed by atoms with Crippen molar-refractivity contribution in [1.82, 2.24) is 0 Å². The zero-order chi connectivity index (χ0) is 39.6. The molecule has 0 fully saturated rings. The molecule has 12 rings (SSSR count). The Morgan fingerprint density at radius 1 is 0.417 bits per heavy atom. The van der Waals surface area contributed by atoms with Gasteiger partial charge in [0, 0.05) is 44.5 Å². The van der Waals surface area contributed by atoms with Gasteiger partial charge in [0.2, 0.25) is 0 Å². The fourth-order valence-corrected chi connectivity index (χ4v) is 9.81. The smallest absolute Gasteiger partial charge is 0.142 e. The fourth-order valence-electron chi connectivity index (χ4n) is 9.81. The van der Waals surface area contributed by atoms with Crippen LogP contribution in [0.15, 0.2) is 223 Å². The molecule has 0 radical (unpaired) electrons. The first-order chi connectivity index (χ1) is 29.8. The highest BCUT2D eigenvalue weighted by Crippen LogP contribution is 2.62. The van der Waals surface area contributed by atoms with Gasteiger partial charge in [0.25, 0.3) is 0 Å². The molecule has 2 aliphatic rings. The Bertz CT molecular complexity index is 3200. The number of furan rings is 1. The van der Waals surface area contributed by atoms with Gasteiger partial charge in [-0.25, -0.2) is 0 Å². The Hall–Kier alpha value is -7.88. The molecule has 0 unspecified atom stereocenters. The first kappa shape index (κ1) is 34.2. The van der Waals surface area contributed by atoms with Gasteiger partial charge in [0.1, 0.15) is 22.7 Å². The van der Waals surface area contributed by atoms with Crippen molar-refractivity contribution in [3.63, 3.8) is 0 Å². The van der Waals surface area contributed by atoms with Gasteiger partial charge in [-0.3, -0.25) is 0 Å². The molecule has 282 valence electrons. The van der Waals surface area contributed by atoms with E-state index in [1.807, 2.05) is 6.07 Å². The normalized spacial score (nSPS) is 12.9. The third kappa shape index (κ3) is 5.16. The maximum absolute atomic E-state index is 6.84. The third-order valence-corrected chi connectivity index (χ3v) is 12.3. The summed E-state index contributed by atoms with van der Waals surface area (Å²) >= 11 is 0. The molecule has 9 aromatic carbocycles. The van der Waals surface area contributed by atoms with Crippen molar-refractivity contribution in [2.75, 3.05) is 4.90 Å². The van der Waals surface area contributed by atoms with Crippen LogP contribution in [-0.4, -0.2) is 0 Å². The zero-order valence-corrected chi connectivity index (χ0v) is 32.6. The predicted octanol–water partition coefficient (Wildman–Crippen LogP) is 15.1. The molecule has 1 aromatic heterocycles. The van der Waals surface area contributed by atoms with Crippen LogP contribution >= 0.6 is 0 Å². The minimum Gasteiger partial charge on any atom is -0.457 e. The molecule has 10 aromatic rings. The number of anilines is 3. The summed E-state index contributed by atoms with van der Waals surface area (Å²) in [6, 6.07) is 77.9. The van der Waals surface area contributed by atoms with Crippen LogP contribution in [0.25, 0.3) is 44.7 Å². The minimum absolute atomic E-state index is 0.589. The van der Waals surface area contributed by atoms with Crippen LogP contribution in [0.4, 0.5) is 17.1 Å². The van der Waals surface area contributed by atoms with Crippen LogP contribution in [0.5, 0.6) is 11.5 Å². The number of ether oxygens (including phenoxy) is 1. The standard InChI is InChI=1S/C57H37NO2/c1-4-18-38(19-5-1)47(39-20-6-2-7-21-39)35-40-34-43(36-48-46-26-12-16-30-53(46)60-56(40)48)58(41-22-8-3-9-23-41)42-32-33-55-52(37-42)57(51-29-15-17-31-54(51)59-55)49-27-13-10-24-44(49)45-25-11-14-28-50(45)57/h1-37H. The third-order valence-electron chi connectivity index (χ3n) is 12.3. The lowest BCUT2D eigenvalue weighted by atomic mass is 9.66. The summed E-state index contributed by atoms with van der Waals surface area (Å²) in [5.41, 5.74) is 15.9. The number of para-hydroxylation sites is 3. The summed E-state index contributed by atoms with van der Waals surface area (Å²) in [4.78, 5) is 2.38. The minimum atomic E-state index is -0.589. The molecule has 3 nitrogen and oxygen atoms in total. The monoisotopic (exact) mass is 767 g/mol. The molecule has 0 saturated heterocycles. The summed E-state index contributed by atoms with van der Waals surface area (Å²) in [6.45, 7) is 0. The van der Waals surface area contributed by atoms with Gasteiger partial charge >= 0.3 is 0 Å². The molecular formula is C57H37NO2. The van der Waals surface area contributed by atoms with Crippen LogP contribution < -0.4 is 9.64 Å². The predicted molar refractivity (Wildman–Crippen MR) is 246 cm³/mol. The lowest BCUT2D eigenvalue weighted by molar-refractivity contribution is 0.436. The van der Waals surface area contributed by atoms with Gasteiger partial charge in [-0.1, -0.05) is 164 Å². The summed E-state index contributed by atoms with van der Waals surface area (Å²) in [7, 11) is 0. The quantitative estimate of drug-likeness (QED) is 0.158. The zero-order valence-electron chi connectivity index (χ0n) is 32.6.